The first-order chi connectivity index (χ1) is 9.88. The number of aromatic nitrogens is 3. The minimum Gasteiger partial charge on any atom is -0.355 e. The van der Waals surface area contributed by atoms with Crippen molar-refractivity contribution >= 4 is 33.2 Å². The number of aromatic amines is 1. The normalized spacial score (nSPS) is 11.0. The summed E-state index contributed by atoms with van der Waals surface area (Å²) in [5.74, 6) is 0. The van der Waals surface area contributed by atoms with Gasteiger partial charge >= 0.3 is 0 Å². The van der Waals surface area contributed by atoms with E-state index in [0.29, 0.717) is 0 Å². The molecule has 20 heavy (non-hydrogen) atoms. The summed E-state index contributed by atoms with van der Waals surface area (Å²) in [4.78, 5) is 0. The molecule has 1 heterocycles. The highest BCUT2D eigenvalue weighted by atomic mass is 15.3. The third kappa shape index (κ3) is 1.87. The van der Waals surface area contributed by atoms with Gasteiger partial charge in [-0.25, -0.2) is 0 Å². The summed E-state index contributed by atoms with van der Waals surface area (Å²) in [6.07, 6.45) is 0. The van der Waals surface area contributed by atoms with E-state index in [1.165, 1.54) is 10.8 Å². The number of benzene rings is 3. The predicted molar refractivity (Wildman–Crippen MR) is 81.1 cm³/mol. The Balaban J connectivity index is 1.72. The van der Waals surface area contributed by atoms with Crippen LogP contribution in [0.15, 0.2) is 60.7 Å². The second kappa shape index (κ2) is 4.35. The van der Waals surface area contributed by atoms with Crippen LogP contribution in [0.3, 0.4) is 0 Å². The van der Waals surface area contributed by atoms with E-state index in [2.05, 4.69) is 51.1 Å². The highest BCUT2D eigenvalue weighted by Gasteiger charge is 2.01. The summed E-state index contributed by atoms with van der Waals surface area (Å²) in [6.45, 7) is 0. The molecule has 0 unspecified atom stereocenters. The zero-order chi connectivity index (χ0) is 13.4. The number of hydrogen-bond acceptors (Lipinski definition) is 3. The molecule has 0 aliphatic heterocycles. The van der Waals surface area contributed by atoms with E-state index in [4.69, 9.17) is 0 Å². The molecule has 0 aliphatic rings. The van der Waals surface area contributed by atoms with Crippen LogP contribution in [0.5, 0.6) is 0 Å². The van der Waals surface area contributed by atoms with Gasteiger partial charge in [-0.05, 0) is 41.1 Å². The number of nitrogens with one attached hydrogen (secondary N) is 2. The molecule has 0 radical (unpaired) electrons. The number of hydrogen-bond donors (Lipinski definition) is 2. The Morgan fingerprint density at radius 2 is 1.45 bits per heavy atom. The second-order valence-electron chi connectivity index (χ2n) is 4.71. The first-order valence-corrected chi connectivity index (χ1v) is 6.45. The molecule has 4 rings (SSSR count). The van der Waals surface area contributed by atoms with Crippen molar-refractivity contribution in [3.05, 3.63) is 60.7 Å². The van der Waals surface area contributed by atoms with Gasteiger partial charge in [-0.1, -0.05) is 30.3 Å². The fourth-order valence-electron chi connectivity index (χ4n) is 2.35. The van der Waals surface area contributed by atoms with Crippen molar-refractivity contribution < 1.29 is 0 Å². The van der Waals surface area contributed by atoms with E-state index in [1.54, 1.807) is 0 Å². The third-order valence-corrected chi connectivity index (χ3v) is 3.35. The van der Waals surface area contributed by atoms with Gasteiger partial charge in [-0.3, -0.25) is 0 Å². The van der Waals surface area contributed by atoms with Gasteiger partial charge in [0.1, 0.15) is 11.0 Å². The molecule has 96 valence electrons. The maximum absolute atomic E-state index is 4.09. The molecule has 1 aromatic heterocycles. The average molecular weight is 260 g/mol. The Hall–Kier alpha value is -2.88. The fraction of sp³-hybridized carbons (Fsp3) is 0. The Morgan fingerprint density at radius 3 is 2.40 bits per heavy atom. The van der Waals surface area contributed by atoms with E-state index in [9.17, 15) is 0 Å². The number of rotatable bonds is 2. The van der Waals surface area contributed by atoms with Gasteiger partial charge in [0.2, 0.25) is 0 Å². The Labute approximate surface area is 115 Å². The molecular formula is C16H12N4. The molecule has 0 bridgehead atoms. The van der Waals surface area contributed by atoms with Gasteiger partial charge < -0.3 is 5.32 Å². The zero-order valence-electron chi connectivity index (χ0n) is 10.7. The van der Waals surface area contributed by atoms with Crippen molar-refractivity contribution in [3.8, 4) is 0 Å². The molecule has 4 aromatic rings. The Morgan fingerprint density at radius 1 is 0.700 bits per heavy atom. The number of anilines is 2. The van der Waals surface area contributed by atoms with Crippen molar-refractivity contribution in [3.63, 3.8) is 0 Å². The van der Waals surface area contributed by atoms with Crippen molar-refractivity contribution in [1.82, 2.24) is 15.4 Å². The van der Waals surface area contributed by atoms with Gasteiger partial charge in [-0.2, -0.15) is 15.4 Å². The molecule has 3 aromatic carbocycles. The minimum absolute atomic E-state index is 0.857. The number of H-pyrrole nitrogens is 1. The number of fused-ring (bicyclic) bond motifs is 2. The van der Waals surface area contributed by atoms with Crippen LogP contribution in [-0.4, -0.2) is 15.4 Å². The van der Waals surface area contributed by atoms with Crippen molar-refractivity contribution in [2.24, 2.45) is 0 Å². The summed E-state index contributed by atoms with van der Waals surface area (Å²) in [5.41, 5.74) is 3.79. The van der Waals surface area contributed by atoms with Gasteiger partial charge in [0.15, 0.2) is 0 Å². The van der Waals surface area contributed by atoms with Crippen molar-refractivity contribution in [2.75, 3.05) is 5.32 Å². The highest BCUT2D eigenvalue weighted by molar-refractivity contribution is 5.87. The standard InChI is InChI=1S/C16H12N4/c1-2-4-12-9-13(6-5-11(12)3-1)17-14-7-8-15-16(10-14)19-20-18-15/h1-10,17H,(H,18,19,20). The van der Waals surface area contributed by atoms with Crippen LogP contribution in [0.25, 0.3) is 21.8 Å². The molecule has 0 saturated carbocycles. The van der Waals surface area contributed by atoms with Crippen LogP contribution in [0.4, 0.5) is 11.4 Å². The number of nitrogens with zero attached hydrogens (tertiary/aromatic N) is 2. The molecule has 0 saturated heterocycles. The lowest BCUT2D eigenvalue weighted by molar-refractivity contribution is 0.959. The van der Waals surface area contributed by atoms with Crippen LogP contribution in [0, 0.1) is 0 Å². The molecule has 4 nitrogen and oxygen atoms in total. The van der Waals surface area contributed by atoms with Gasteiger partial charge in [0, 0.05) is 11.4 Å². The smallest absolute Gasteiger partial charge is 0.115 e. The molecular weight excluding hydrogens is 248 g/mol. The third-order valence-electron chi connectivity index (χ3n) is 3.35. The molecule has 0 aliphatic carbocycles. The molecule has 0 atom stereocenters. The van der Waals surface area contributed by atoms with E-state index < -0.39 is 0 Å². The van der Waals surface area contributed by atoms with Crippen LogP contribution in [0.2, 0.25) is 0 Å². The van der Waals surface area contributed by atoms with Crippen LogP contribution >= 0.6 is 0 Å². The summed E-state index contributed by atoms with van der Waals surface area (Å²) in [7, 11) is 0. The summed E-state index contributed by atoms with van der Waals surface area (Å²) >= 11 is 0. The summed E-state index contributed by atoms with van der Waals surface area (Å²) < 4.78 is 0. The first kappa shape index (κ1) is 11.0. The van der Waals surface area contributed by atoms with Crippen LogP contribution in [0.1, 0.15) is 0 Å². The van der Waals surface area contributed by atoms with Gasteiger partial charge in [-0.15, -0.1) is 0 Å². The fourth-order valence-corrected chi connectivity index (χ4v) is 2.35. The molecule has 4 heteroatoms. The van der Waals surface area contributed by atoms with E-state index in [1.807, 2.05) is 30.3 Å². The Kier molecular flexibility index (Phi) is 2.39. The van der Waals surface area contributed by atoms with E-state index >= 15 is 0 Å². The molecule has 0 spiro atoms. The molecule has 0 fully saturated rings. The largest absolute Gasteiger partial charge is 0.355 e. The monoisotopic (exact) mass is 260 g/mol. The predicted octanol–water partition coefficient (Wildman–Crippen LogP) is 3.85. The van der Waals surface area contributed by atoms with E-state index in [0.717, 1.165) is 22.4 Å². The summed E-state index contributed by atoms with van der Waals surface area (Å²) in [5, 5.41) is 16.6. The lowest BCUT2D eigenvalue weighted by Crippen LogP contribution is -1.90. The van der Waals surface area contributed by atoms with Crippen molar-refractivity contribution in [1.29, 1.82) is 0 Å². The maximum Gasteiger partial charge on any atom is 0.115 e. The highest BCUT2D eigenvalue weighted by Crippen LogP contribution is 2.23. The van der Waals surface area contributed by atoms with Gasteiger partial charge in [0.05, 0.1) is 0 Å². The molecule has 2 N–H and O–H groups in total. The lowest BCUT2D eigenvalue weighted by Gasteiger charge is -2.07. The Bertz CT molecular complexity index is 895. The zero-order valence-corrected chi connectivity index (χ0v) is 10.7. The lowest BCUT2D eigenvalue weighted by atomic mass is 10.1. The topological polar surface area (TPSA) is 53.6 Å². The average Bonchev–Trinajstić information content (AvgIpc) is 2.95. The summed E-state index contributed by atoms with van der Waals surface area (Å²) in [6, 6.07) is 20.6. The maximum atomic E-state index is 4.09. The minimum atomic E-state index is 0.857. The van der Waals surface area contributed by atoms with Gasteiger partial charge in [0.25, 0.3) is 0 Å². The van der Waals surface area contributed by atoms with Crippen LogP contribution < -0.4 is 5.32 Å². The second-order valence-corrected chi connectivity index (χ2v) is 4.71. The first-order valence-electron chi connectivity index (χ1n) is 6.45. The van der Waals surface area contributed by atoms with Crippen molar-refractivity contribution in [2.45, 2.75) is 0 Å². The molecule has 0 amide bonds. The van der Waals surface area contributed by atoms with E-state index in [-0.39, 0.29) is 0 Å². The quantitative estimate of drug-likeness (QED) is 0.575. The van der Waals surface area contributed by atoms with Crippen LogP contribution in [-0.2, 0) is 0 Å². The SMILES string of the molecule is c1ccc2cc(Nc3ccc4n[nH]nc4c3)ccc2c1.